The monoisotopic (exact) mass is 332 g/mol. The second kappa shape index (κ2) is 6.26. The van der Waals surface area contributed by atoms with Gasteiger partial charge in [0, 0.05) is 31.9 Å². The normalized spacial score (nSPS) is 17.2. The fraction of sp³-hybridized carbons (Fsp3) is 0.400. The largest absolute Gasteiger partial charge is 0.477 e. The van der Waals surface area contributed by atoms with Gasteiger partial charge < -0.3 is 19.3 Å². The molecule has 1 N–H and O–H groups in total. The number of aryl methyl sites for hydroxylation is 1. The third kappa shape index (κ3) is 2.68. The molecule has 24 heavy (non-hydrogen) atoms. The number of pyridine rings is 1. The number of carbonyl (C=O) groups excluding carboxylic acids is 1. The number of carbonyl (C=O) groups is 2. The van der Waals surface area contributed by atoms with Crippen molar-refractivity contribution in [1.82, 2.24) is 14.5 Å². The number of fused-ring (bicyclic) bond motifs is 1. The molecule has 0 spiro atoms. The van der Waals surface area contributed by atoms with E-state index >= 15 is 0 Å². The lowest BCUT2D eigenvalue weighted by molar-refractivity contribution is -0.132. The number of hydrogen-bond donors (Lipinski definition) is 1. The average Bonchev–Trinajstić information content (AvgIpc) is 3.03. The van der Waals surface area contributed by atoms with Crippen LogP contribution >= 0.6 is 0 Å². The zero-order valence-corrected chi connectivity index (χ0v) is 13.0. The van der Waals surface area contributed by atoms with Crippen molar-refractivity contribution in [3.63, 3.8) is 0 Å². The molecule has 1 aliphatic rings. The van der Waals surface area contributed by atoms with Crippen molar-refractivity contribution in [2.45, 2.75) is 26.0 Å². The average molecular weight is 332 g/mol. The number of anilines is 1. The number of aromatic nitrogens is 3. The van der Waals surface area contributed by atoms with Crippen LogP contribution in [0.15, 0.2) is 17.2 Å². The van der Waals surface area contributed by atoms with Crippen LogP contribution in [0.1, 0.15) is 23.7 Å². The summed E-state index contributed by atoms with van der Waals surface area (Å²) in [7, 11) is 0. The van der Waals surface area contributed by atoms with Crippen molar-refractivity contribution < 1.29 is 19.4 Å². The second-order valence-corrected chi connectivity index (χ2v) is 5.46. The van der Waals surface area contributed by atoms with E-state index in [1.807, 2.05) is 11.8 Å². The molecule has 2 aromatic heterocycles. The van der Waals surface area contributed by atoms with Gasteiger partial charge in [-0.05, 0) is 6.92 Å². The Balaban J connectivity index is 2.05. The summed E-state index contributed by atoms with van der Waals surface area (Å²) in [6.45, 7) is 3.84. The summed E-state index contributed by atoms with van der Waals surface area (Å²) in [5.41, 5.74) is -0.518. The van der Waals surface area contributed by atoms with Crippen molar-refractivity contribution in [3.05, 3.63) is 28.2 Å². The molecule has 3 heterocycles. The van der Waals surface area contributed by atoms with Crippen LogP contribution in [0.5, 0.6) is 0 Å². The molecular weight excluding hydrogens is 316 g/mol. The van der Waals surface area contributed by atoms with E-state index in [9.17, 15) is 14.4 Å². The van der Waals surface area contributed by atoms with E-state index in [2.05, 4.69) is 9.97 Å². The number of rotatable bonds is 5. The first-order chi connectivity index (χ1) is 11.5. The topological polar surface area (TPSA) is 115 Å². The van der Waals surface area contributed by atoms with Gasteiger partial charge in [-0.15, -0.1) is 0 Å². The van der Waals surface area contributed by atoms with Gasteiger partial charge in [-0.25, -0.2) is 9.78 Å². The molecule has 0 radical (unpaired) electrons. The number of carboxylic acid groups (broad SMARTS) is 1. The quantitative estimate of drug-likeness (QED) is 0.776. The highest BCUT2D eigenvalue weighted by molar-refractivity contribution is 5.91. The van der Waals surface area contributed by atoms with Crippen LogP contribution in [0, 0.1) is 0 Å². The van der Waals surface area contributed by atoms with Crippen LogP contribution in [0.3, 0.4) is 0 Å². The van der Waals surface area contributed by atoms with Crippen LogP contribution in [-0.4, -0.2) is 51.3 Å². The number of nitrogens with zero attached hydrogens (tertiary/aromatic N) is 4. The van der Waals surface area contributed by atoms with Gasteiger partial charge in [0.05, 0.1) is 11.9 Å². The van der Waals surface area contributed by atoms with E-state index < -0.39 is 11.4 Å². The SMILES string of the molecule is CCn1cc(C(=O)O)c(=O)c2cnc(N3CCC(OC=O)C3)nc21. The summed E-state index contributed by atoms with van der Waals surface area (Å²) >= 11 is 0. The molecular formula is C15H16N4O5. The Bertz CT molecular complexity index is 863. The Hall–Kier alpha value is -2.97. The van der Waals surface area contributed by atoms with Gasteiger partial charge in [0.25, 0.3) is 6.47 Å². The van der Waals surface area contributed by atoms with Gasteiger partial charge in [0.1, 0.15) is 17.3 Å². The zero-order chi connectivity index (χ0) is 17.3. The Morgan fingerprint density at radius 2 is 2.33 bits per heavy atom. The maximum Gasteiger partial charge on any atom is 0.341 e. The van der Waals surface area contributed by atoms with Crippen LogP contribution in [0.4, 0.5) is 5.95 Å². The first kappa shape index (κ1) is 15.9. The molecule has 1 atom stereocenters. The van der Waals surface area contributed by atoms with E-state index in [4.69, 9.17) is 9.84 Å². The van der Waals surface area contributed by atoms with Crippen LogP contribution in [0.2, 0.25) is 0 Å². The standard InChI is InChI=1S/C15H16N4O5/c1-2-18-7-11(14(22)23)12(21)10-5-16-15(17-13(10)18)19-4-3-9(6-19)24-8-20/h5,7-9H,2-4,6H2,1H3,(H,22,23). The lowest BCUT2D eigenvalue weighted by atomic mass is 10.2. The summed E-state index contributed by atoms with van der Waals surface area (Å²) in [4.78, 5) is 44.4. The smallest absolute Gasteiger partial charge is 0.341 e. The lowest BCUT2D eigenvalue weighted by Crippen LogP contribution is -2.26. The van der Waals surface area contributed by atoms with E-state index in [1.165, 1.54) is 12.4 Å². The minimum absolute atomic E-state index is 0.167. The summed E-state index contributed by atoms with van der Waals surface area (Å²) < 4.78 is 6.56. The van der Waals surface area contributed by atoms with Crippen molar-refractivity contribution in [2.24, 2.45) is 0 Å². The molecule has 1 unspecified atom stereocenters. The molecule has 0 bridgehead atoms. The first-order valence-corrected chi connectivity index (χ1v) is 7.52. The highest BCUT2D eigenvalue weighted by Gasteiger charge is 2.26. The van der Waals surface area contributed by atoms with E-state index in [0.717, 1.165) is 0 Å². The predicted octanol–water partition coefficient (Wildman–Crippen LogP) is 0.261. The zero-order valence-electron chi connectivity index (χ0n) is 13.0. The summed E-state index contributed by atoms with van der Waals surface area (Å²) in [5.74, 6) is -0.856. The van der Waals surface area contributed by atoms with Crippen molar-refractivity contribution >= 4 is 29.4 Å². The van der Waals surface area contributed by atoms with E-state index in [1.54, 1.807) is 4.57 Å². The number of hydrogen-bond acceptors (Lipinski definition) is 7. The first-order valence-electron chi connectivity index (χ1n) is 7.52. The maximum atomic E-state index is 12.3. The molecule has 0 aliphatic carbocycles. The Labute approximate surface area is 136 Å². The molecule has 9 nitrogen and oxygen atoms in total. The molecule has 1 fully saturated rings. The summed E-state index contributed by atoms with van der Waals surface area (Å²) in [5, 5.41) is 9.31. The molecule has 3 rings (SSSR count). The number of ether oxygens (including phenoxy) is 1. The second-order valence-electron chi connectivity index (χ2n) is 5.46. The molecule has 0 saturated carbocycles. The highest BCUT2D eigenvalue weighted by atomic mass is 16.5. The van der Waals surface area contributed by atoms with Crippen molar-refractivity contribution in [1.29, 1.82) is 0 Å². The predicted molar refractivity (Wildman–Crippen MR) is 84.2 cm³/mol. The number of aromatic carboxylic acids is 1. The molecule has 1 saturated heterocycles. The minimum atomic E-state index is -1.28. The van der Waals surface area contributed by atoms with Crippen LogP contribution < -0.4 is 10.3 Å². The maximum absolute atomic E-state index is 12.3. The third-order valence-corrected chi connectivity index (χ3v) is 4.05. The molecule has 1 aliphatic heterocycles. The fourth-order valence-electron chi connectivity index (χ4n) is 2.81. The summed E-state index contributed by atoms with van der Waals surface area (Å²) in [6, 6.07) is 0. The Morgan fingerprint density at radius 1 is 1.54 bits per heavy atom. The van der Waals surface area contributed by atoms with Crippen molar-refractivity contribution in [3.8, 4) is 0 Å². The lowest BCUT2D eigenvalue weighted by Gasteiger charge is -2.17. The van der Waals surface area contributed by atoms with Gasteiger partial charge in [0.2, 0.25) is 11.4 Å². The van der Waals surface area contributed by atoms with Gasteiger partial charge in [0.15, 0.2) is 0 Å². The Morgan fingerprint density at radius 3 is 3.00 bits per heavy atom. The van der Waals surface area contributed by atoms with Gasteiger partial charge in [-0.3, -0.25) is 9.59 Å². The number of carboxylic acids is 1. The van der Waals surface area contributed by atoms with Gasteiger partial charge >= 0.3 is 5.97 Å². The molecule has 2 aromatic rings. The van der Waals surface area contributed by atoms with Gasteiger partial charge in [-0.2, -0.15) is 4.98 Å². The Kier molecular flexibility index (Phi) is 4.15. The molecule has 0 amide bonds. The minimum Gasteiger partial charge on any atom is -0.477 e. The molecule has 126 valence electrons. The highest BCUT2D eigenvalue weighted by Crippen LogP contribution is 2.20. The molecule has 9 heteroatoms. The van der Waals surface area contributed by atoms with E-state index in [-0.39, 0.29) is 17.1 Å². The summed E-state index contributed by atoms with van der Waals surface area (Å²) in [6.07, 6.45) is 3.13. The fourth-order valence-corrected chi connectivity index (χ4v) is 2.81. The van der Waals surface area contributed by atoms with E-state index in [0.29, 0.717) is 44.1 Å². The van der Waals surface area contributed by atoms with Gasteiger partial charge in [-0.1, -0.05) is 0 Å². The van der Waals surface area contributed by atoms with Crippen LogP contribution in [0.25, 0.3) is 11.0 Å². The van der Waals surface area contributed by atoms with Crippen LogP contribution in [-0.2, 0) is 16.1 Å². The molecule has 0 aromatic carbocycles. The van der Waals surface area contributed by atoms with Crippen molar-refractivity contribution in [2.75, 3.05) is 18.0 Å². The third-order valence-electron chi connectivity index (χ3n) is 4.05.